The molecule has 0 radical (unpaired) electrons. The van der Waals surface area contributed by atoms with Gasteiger partial charge in [0.25, 0.3) is 0 Å². The number of hydrogen-bond acceptors (Lipinski definition) is 4. The number of hydrogen-bond donors (Lipinski definition) is 2. The minimum absolute atomic E-state index is 0.928. The van der Waals surface area contributed by atoms with Gasteiger partial charge in [0.15, 0.2) is 0 Å². The zero-order valence-corrected chi connectivity index (χ0v) is 13.9. The summed E-state index contributed by atoms with van der Waals surface area (Å²) in [4.78, 5) is 13.3. The van der Waals surface area contributed by atoms with Crippen LogP contribution in [0.3, 0.4) is 0 Å². The Morgan fingerprint density at radius 3 is 2.52 bits per heavy atom. The van der Waals surface area contributed by atoms with Gasteiger partial charge in [0, 0.05) is 32.7 Å². The largest absolute Gasteiger partial charge is 0.341 e. The number of piperazine rings is 1. The average Bonchev–Trinajstić information content (AvgIpc) is 2.98. The minimum Gasteiger partial charge on any atom is -0.341 e. The maximum absolute atomic E-state index is 4.76. The van der Waals surface area contributed by atoms with Gasteiger partial charge < -0.3 is 10.3 Å². The third-order valence-corrected chi connectivity index (χ3v) is 5.03. The lowest BCUT2D eigenvalue weighted by molar-refractivity contribution is 0.221. The van der Waals surface area contributed by atoms with E-state index in [2.05, 4.69) is 38.3 Å². The van der Waals surface area contributed by atoms with Gasteiger partial charge >= 0.3 is 0 Å². The van der Waals surface area contributed by atoms with Gasteiger partial charge in [-0.15, -0.1) is 0 Å². The summed E-state index contributed by atoms with van der Waals surface area (Å²) in [5, 5.41) is 3.40. The van der Waals surface area contributed by atoms with E-state index in [4.69, 9.17) is 4.98 Å². The molecule has 2 saturated heterocycles. The molecule has 5 nitrogen and oxygen atoms in total. The zero-order valence-electron chi connectivity index (χ0n) is 13.9. The average molecular weight is 313 g/mol. The van der Waals surface area contributed by atoms with E-state index in [0.29, 0.717) is 0 Å². The molecule has 23 heavy (non-hydrogen) atoms. The summed E-state index contributed by atoms with van der Waals surface area (Å²) in [6.07, 6.45) is 4.09. The number of benzene rings is 1. The molecule has 2 N–H and O–H groups in total. The van der Waals surface area contributed by atoms with Gasteiger partial charge in [-0.1, -0.05) is 12.5 Å². The number of likely N-dealkylation sites (tertiary alicyclic amines) is 1. The van der Waals surface area contributed by atoms with Gasteiger partial charge in [0.1, 0.15) is 5.82 Å². The van der Waals surface area contributed by atoms with E-state index in [0.717, 1.165) is 50.6 Å². The molecule has 0 saturated carbocycles. The maximum Gasteiger partial charge on any atom is 0.121 e. The Morgan fingerprint density at radius 1 is 0.913 bits per heavy atom. The predicted octanol–water partition coefficient (Wildman–Crippen LogP) is 1.95. The highest BCUT2D eigenvalue weighted by Crippen LogP contribution is 2.18. The fourth-order valence-corrected chi connectivity index (χ4v) is 3.74. The SMILES string of the molecule is c1cc2nc(CN3CCNCC3)[nH]c2cc1CN1CCCCC1. The molecule has 0 spiro atoms. The number of aromatic amines is 1. The lowest BCUT2D eigenvalue weighted by atomic mass is 10.1. The summed E-state index contributed by atoms with van der Waals surface area (Å²) in [7, 11) is 0. The lowest BCUT2D eigenvalue weighted by Crippen LogP contribution is -2.43. The van der Waals surface area contributed by atoms with Crippen LogP contribution in [0.1, 0.15) is 30.7 Å². The molecule has 2 aliphatic rings. The Bertz CT molecular complexity index is 620. The monoisotopic (exact) mass is 313 g/mol. The van der Waals surface area contributed by atoms with Crippen molar-refractivity contribution in [3.05, 3.63) is 29.6 Å². The highest BCUT2D eigenvalue weighted by molar-refractivity contribution is 5.75. The molecule has 3 heterocycles. The van der Waals surface area contributed by atoms with Crippen molar-refractivity contribution < 1.29 is 0 Å². The smallest absolute Gasteiger partial charge is 0.121 e. The summed E-state index contributed by atoms with van der Waals surface area (Å²) < 4.78 is 0. The second kappa shape index (κ2) is 6.99. The highest BCUT2D eigenvalue weighted by atomic mass is 15.2. The quantitative estimate of drug-likeness (QED) is 0.906. The van der Waals surface area contributed by atoms with E-state index in [-0.39, 0.29) is 0 Å². The molecule has 124 valence electrons. The van der Waals surface area contributed by atoms with Crippen LogP contribution in [0.2, 0.25) is 0 Å². The van der Waals surface area contributed by atoms with E-state index in [1.54, 1.807) is 0 Å². The number of fused-ring (bicyclic) bond motifs is 1. The summed E-state index contributed by atoms with van der Waals surface area (Å²) in [6, 6.07) is 6.71. The van der Waals surface area contributed by atoms with Crippen LogP contribution in [0, 0.1) is 0 Å². The molecule has 1 aromatic heterocycles. The first-order valence-corrected chi connectivity index (χ1v) is 9.00. The van der Waals surface area contributed by atoms with E-state index in [1.165, 1.54) is 43.4 Å². The maximum atomic E-state index is 4.76. The second-order valence-corrected chi connectivity index (χ2v) is 6.90. The van der Waals surface area contributed by atoms with Crippen molar-refractivity contribution in [3.8, 4) is 0 Å². The second-order valence-electron chi connectivity index (χ2n) is 6.90. The van der Waals surface area contributed by atoms with Crippen molar-refractivity contribution in [2.75, 3.05) is 39.3 Å². The van der Waals surface area contributed by atoms with Gasteiger partial charge in [0.2, 0.25) is 0 Å². The Balaban J connectivity index is 1.45. The van der Waals surface area contributed by atoms with Crippen molar-refractivity contribution in [1.29, 1.82) is 0 Å². The first-order valence-electron chi connectivity index (χ1n) is 9.00. The highest BCUT2D eigenvalue weighted by Gasteiger charge is 2.14. The van der Waals surface area contributed by atoms with E-state index in [1.807, 2.05) is 0 Å². The molecule has 4 rings (SSSR count). The molecular formula is C18H27N5. The summed E-state index contributed by atoms with van der Waals surface area (Å²) in [5.74, 6) is 1.09. The molecule has 2 aromatic rings. The van der Waals surface area contributed by atoms with Crippen LogP contribution >= 0.6 is 0 Å². The lowest BCUT2D eigenvalue weighted by Gasteiger charge is -2.26. The molecular weight excluding hydrogens is 286 g/mol. The number of imidazole rings is 1. The van der Waals surface area contributed by atoms with Gasteiger partial charge in [-0.25, -0.2) is 4.98 Å². The van der Waals surface area contributed by atoms with Crippen molar-refractivity contribution in [2.24, 2.45) is 0 Å². The summed E-state index contributed by atoms with van der Waals surface area (Å²) in [6.45, 7) is 8.87. The molecule has 0 bridgehead atoms. The van der Waals surface area contributed by atoms with Crippen molar-refractivity contribution >= 4 is 11.0 Å². The minimum atomic E-state index is 0.928. The van der Waals surface area contributed by atoms with Gasteiger partial charge in [-0.3, -0.25) is 9.80 Å². The van der Waals surface area contributed by atoms with Crippen LogP contribution in [-0.2, 0) is 13.1 Å². The predicted molar refractivity (Wildman–Crippen MR) is 93.4 cm³/mol. The Kier molecular flexibility index (Phi) is 4.60. The Labute approximate surface area is 138 Å². The topological polar surface area (TPSA) is 47.2 Å². The first-order chi connectivity index (χ1) is 11.4. The van der Waals surface area contributed by atoms with Crippen LogP contribution in [-0.4, -0.2) is 59.0 Å². The standard InChI is InChI=1S/C18H27N5/c1-2-8-22(9-3-1)13-15-4-5-16-17(12-15)21-18(20-16)14-23-10-6-19-7-11-23/h4-5,12,19H,1-3,6-11,13-14H2,(H,20,21). The zero-order chi connectivity index (χ0) is 15.5. The molecule has 1 aromatic carbocycles. The number of aromatic nitrogens is 2. The Hall–Kier alpha value is -1.43. The van der Waals surface area contributed by atoms with Gasteiger partial charge in [0.05, 0.1) is 17.6 Å². The van der Waals surface area contributed by atoms with Crippen LogP contribution in [0.4, 0.5) is 0 Å². The molecule has 0 atom stereocenters. The third kappa shape index (κ3) is 3.74. The normalized spacial score (nSPS) is 21.0. The third-order valence-electron chi connectivity index (χ3n) is 5.03. The van der Waals surface area contributed by atoms with E-state index >= 15 is 0 Å². The van der Waals surface area contributed by atoms with Gasteiger partial charge in [-0.05, 0) is 43.6 Å². The molecule has 2 aliphatic heterocycles. The fourth-order valence-electron chi connectivity index (χ4n) is 3.74. The van der Waals surface area contributed by atoms with E-state index in [9.17, 15) is 0 Å². The number of nitrogens with zero attached hydrogens (tertiary/aromatic N) is 3. The van der Waals surface area contributed by atoms with Gasteiger partial charge in [-0.2, -0.15) is 0 Å². The number of H-pyrrole nitrogens is 1. The molecule has 5 heteroatoms. The fraction of sp³-hybridized carbons (Fsp3) is 0.611. The van der Waals surface area contributed by atoms with Crippen LogP contribution < -0.4 is 5.32 Å². The first kappa shape index (κ1) is 15.1. The molecule has 0 aliphatic carbocycles. The number of nitrogens with one attached hydrogen (secondary N) is 2. The number of rotatable bonds is 4. The summed E-state index contributed by atoms with van der Waals surface area (Å²) >= 11 is 0. The Morgan fingerprint density at radius 2 is 1.70 bits per heavy atom. The van der Waals surface area contributed by atoms with Crippen molar-refractivity contribution in [2.45, 2.75) is 32.4 Å². The van der Waals surface area contributed by atoms with Crippen LogP contribution in [0.5, 0.6) is 0 Å². The summed E-state index contributed by atoms with van der Waals surface area (Å²) in [5.41, 5.74) is 3.68. The molecule has 2 fully saturated rings. The number of piperidine rings is 1. The van der Waals surface area contributed by atoms with Crippen molar-refractivity contribution in [3.63, 3.8) is 0 Å². The van der Waals surface area contributed by atoms with E-state index < -0.39 is 0 Å². The molecule has 0 unspecified atom stereocenters. The van der Waals surface area contributed by atoms with Crippen LogP contribution in [0.15, 0.2) is 18.2 Å². The van der Waals surface area contributed by atoms with Crippen LogP contribution in [0.25, 0.3) is 11.0 Å². The van der Waals surface area contributed by atoms with Crippen molar-refractivity contribution in [1.82, 2.24) is 25.1 Å². The molecule has 0 amide bonds.